The maximum absolute atomic E-state index is 12.3. The number of imidazole rings is 1. The molecule has 0 saturated carbocycles. The van der Waals surface area contributed by atoms with Gasteiger partial charge in [0.15, 0.2) is 0 Å². The molecule has 0 spiro atoms. The minimum Gasteiger partial charge on any atom is -0.497 e. The van der Waals surface area contributed by atoms with E-state index < -0.39 is 0 Å². The summed E-state index contributed by atoms with van der Waals surface area (Å²) < 4.78 is 13.4. The molecule has 1 heterocycles. The zero-order valence-corrected chi connectivity index (χ0v) is 21.2. The van der Waals surface area contributed by atoms with Crippen LogP contribution in [0, 0.1) is 6.92 Å². The number of para-hydroxylation sites is 2. The average Bonchev–Trinajstić information content (AvgIpc) is 3.25. The van der Waals surface area contributed by atoms with E-state index >= 15 is 0 Å². The Kier molecular flexibility index (Phi) is 8.98. The highest BCUT2D eigenvalue weighted by Gasteiger charge is 2.10. The predicted octanol–water partition coefficient (Wildman–Crippen LogP) is 5.97. The third-order valence-electron chi connectivity index (χ3n) is 6.23. The minimum atomic E-state index is -0.0488. The monoisotopic (exact) mass is 485 g/mol. The number of aromatic nitrogens is 2. The molecule has 0 radical (unpaired) electrons. The van der Waals surface area contributed by atoms with Crippen LogP contribution >= 0.6 is 0 Å². The SMILES string of the molecule is COc1ccc(C(=O)NCCCCCc2nc3ccccc3n2CCCOc2cccc(C)c2)cc1. The van der Waals surface area contributed by atoms with E-state index in [9.17, 15) is 4.79 Å². The summed E-state index contributed by atoms with van der Waals surface area (Å²) in [4.78, 5) is 17.2. The Hall–Kier alpha value is -3.80. The molecule has 1 N–H and O–H groups in total. The molecule has 0 atom stereocenters. The number of hydrogen-bond acceptors (Lipinski definition) is 4. The second-order valence-corrected chi connectivity index (χ2v) is 8.98. The van der Waals surface area contributed by atoms with Gasteiger partial charge in [0.2, 0.25) is 0 Å². The first kappa shape index (κ1) is 25.3. The van der Waals surface area contributed by atoms with Gasteiger partial charge in [-0.1, -0.05) is 30.7 Å². The van der Waals surface area contributed by atoms with Crippen molar-refractivity contribution < 1.29 is 14.3 Å². The highest BCUT2D eigenvalue weighted by Crippen LogP contribution is 2.19. The molecule has 188 valence electrons. The Bertz CT molecular complexity index is 1260. The van der Waals surface area contributed by atoms with Crippen LogP contribution in [0.2, 0.25) is 0 Å². The Morgan fingerprint density at radius 3 is 2.56 bits per heavy atom. The lowest BCUT2D eigenvalue weighted by molar-refractivity contribution is 0.0953. The van der Waals surface area contributed by atoms with Crippen LogP contribution in [-0.4, -0.2) is 35.7 Å². The number of hydrogen-bond donors (Lipinski definition) is 1. The Labute approximate surface area is 213 Å². The van der Waals surface area contributed by atoms with Crippen LogP contribution in [0.1, 0.15) is 47.4 Å². The topological polar surface area (TPSA) is 65.4 Å². The van der Waals surface area contributed by atoms with Gasteiger partial charge in [0.25, 0.3) is 5.91 Å². The van der Waals surface area contributed by atoms with Gasteiger partial charge in [-0.15, -0.1) is 0 Å². The third kappa shape index (κ3) is 6.87. The number of aryl methyl sites for hydroxylation is 3. The molecule has 0 saturated heterocycles. The van der Waals surface area contributed by atoms with Crippen LogP contribution < -0.4 is 14.8 Å². The Balaban J connectivity index is 1.23. The fourth-order valence-corrected chi connectivity index (χ4v) is 4.31. The van der Waals surface area contributed by atoms with Crippen molar-refractivity contribution >= 4 is 16.9 Å². The van der Waals surface area contributed by atoms with Gasteiger partial charge in [-0.05, 0) is 80.3 Å². The van der Waals surface area contributed by atoms with Crippen molar-refractivity contribution in [3.63, 3.8) is 0 Å². The van der Waals surface area contributed by atoms with Gasteiger partial charge in [0.05, 0.1) is 24.8 Å². The normalized spacial score (nSPS) is 10.9. The van der Waals surface area contributed by atoms with Crippen LogP contribution in [0.25, 0.3) is 11.0 Å². The summed E-state index contributed by atoms with van der Waals surface area (Å²) in [5, 5.41) is 3.00. The molecule has 6 heteroatoms. The van der Waals surface area contributed by atoms with E-state index in [0.717, 1.165) is 61.5 Å². The average molecular weight is 486 g/mol. The van der Waals surface area contributed by atoms with Crippen molar-refractivity contribution in [1.82, 2.24) is 14.9 Å². The van der Waals surface area contributed by atoms with Crippen molar-refractivity contribution in [2.75, 3.05) is 20.3 Å². The zero-order valence-electron chi connectivity index (χ0n) is 21.2. The molecule has 1 amide bonds. The maximum Gasteiger partial charge on any atom is 0.251 e. The van der Waals surface area contributed by atoms with E-state index in [2.05, 4.69) is 47.1 Å². The van der Waals surface area contributed by atoms with Gasteiger partial charge >= 0.3 is 0 Å². The van der Waals surface area contributed by atoms with Gasteiger partial charge < -0.3 is 19.4 Å². The van der Waals surface area contributed by atoms with E-state index in [0.29, 0.717) is 18.7 Å². The molecule has 3 aromatic carbocycles. The molecular weight excluding hydrogens is 450 g/mol. The first-order valence-electron chi connectivity index (χ1n) is 12.7. The number of amides is 1. The number of ether oxygens (including phenoxy) is 2. The summed E-state index contributed by atoms with van der Waals surface area (Å²) in [6.07, 6.45) is 4.83. The highest BCUT2D eigenvalue weighted by molar-refractivity contribution is 5.94. The highest BCUT2D eigenvalue weighted by atomic mass is 16.5. The second-order valence-electron chi connectivity index (χ2n) is 8.98. The number of carbonyl (C=O) groups excluding carboxylic acids is 1. The summed E-state index contributed by atoms with van der Waals surface area (Å²) in [6, 6.07) is 23.7. The Morgan fingerprint density at radius 1 is 0.917 bits per heavy atom. The Morgan fingerprint density at radius 2 is 1.75 bits per heavy atom. The second kappa shape index (κ2) is 12.8. The molecular formula is C30H35N3O3. The maximum atomic E-state index is 12.3. The molecule has 0 bridgehead atoms. The lowest BCUT2D eigenvalue weighted by Gasteiger charge is -2.11. The molecule has 36 heavy (non-hydrogen) atoms. The van der Waals surface area contributed by atoms with Crippen LogP contribution in [0.3, 0.4) is 0 Å². The molecule has 0 fully saturated rings. The van der Waals surface area contributed by atoms with Gasteiger partial charge in [0, 0.05) is 25.1 Å². The molecule has 4 rings (SSSR count). The van der Waals surface area contributed by atoms with Crippen molar-refractivity contribution in [2.45, 2.75) is 45.6 Å². The van der Waals surface area contributed by atoms with Crippen molar-refractivity contribution in [3.05, 3.63) is 89.7 Å². The molecule has 0 aliphatic heterocycles. The standard InChI is InChI=1S/C30H35N3O3/c1-23-10-8-11-26(22-23)36-21-9-20-33-28-13-6-5-12-27(28)32-29(33)14-4-3-7-19-31-30(34)24-15-17-25(35-2)18-16-24/h5-6,8,10-13,15-18,22H,3-4,7,9,14,19-21H2,1-2H3,(H,31,34). The number of carbonyl (C=O) groups is 1. The van der Waals surface area contributed by atoms with Gasteiger partial charge in [0.1, 0.15) is 17.3 Å². The van der Waals surface area contributed by atoms with E-state index in [-0.39, 0.29) is 5.91 Å². The van der Waals surface area contributed by atoms with Crippen LogP contribution in [-0.2, 0) is 13.0 Å². The molecule has 1 aromatic heterocycles. The minimum absolute atomic E-state index is 0.0488. The number of nitrogens with one attached hydrogen (secondary N) is 1. The first-order valence-corrected chi connectivity index (χ1v) is 12.7. The van der Waals surface area contributed by atoms with Crippen LogP contribution in [0.4, 0.5) is 0 Å². The van der Waals surface area contributed by atoms with Gasteiger partial charge in [-0.25, -0.2) is 4.98 Å². The van der Waals surface area contributed by atoms with E-state index in [1.54, 1.807) is 31.4 Å². The largest absolute Gasteiger partial charge is 0.497 e. The van der Waals surface area contributed by atoms with Gasteiger partial charge in [-0.3, -0.25) is 4.79 Å². The van der Waals surface area contributed by atoms with Crippen molar-refractivity contribution in [1.29, 1.82) is 0 Å². The quantitative estimate of drug-likeness (QED) is 0.237. The number of benzene rings is 3. The molecule has 4 aromatic rings. The predicted molar refractivity (Wildman–Crippen MR) is 144 cm³/mol. The van der Waals surface area contributed by atoms with Crippen LogP contribution in [0.15, 0.2) is 72.8 Å². The lowest BCUT2D eigenvalue weighted by atomic mass is 10.1. The molecule has 0 aliphatic carbocycles. The summed E-state index contributed by atoms with van der Waals surface area (Å²) in [6.45, 7) is 4.28. The fraction of sp³-hybridized carbons (Fsp3) is 0.333. The smallest absolute Gasteiger partial charge is 0.251 e. The first-order chi connectivity index (χ1) is 17.6. The van der Waals surface area contributed by atoms with E-state index in [1.807, 2.05) is 18.2 Å². The summed E-state index contributed by atoms with van der Waals surface area (Å²) in [5.74, 6) is 2.74. The summed E-state index contributed by atoms with van der Waals surface area (Å²) in [5.41, 5.74) is 4.07. The molecule has 6 nitrogen and oxygen atoms in total. The third-order valence-corrected chi connectivity index (χ3v) is 6.23. The van der Waals surface area contributed by atoms with Crippen molar-refractivity contribution in [2.24, 2.45) is 0 Å². The van der Waals surface area contributed by atoms with E-state index in [1.165, 1.54) is 11.1 Å². The number of nitrogens with zero attached hydrogens (tertiary/aromatic N) is 2. The van der Waals surface area contributed by atoms with Gasteiger partial charge in [-0.2, -0.15) is 0 Å². The molecule has 0 aliphatic rings. The zero-order chi connectivity index (χ0) is 25.2. The number of unbranched alkanes of at least 4 members (excludes halogenated alkanes) is 2. The molecule has 0 unspecified atom stereocenters. The number of rotatable bonds is 13. The summed E-state index contributed by atoms with van der Waals surface area (Å²) in [7, 11) is 1.62. The lowest BCUT2D eigenvalue weighted by Crippen LogP contribution is -2.24. The number of methoxy groups -OCH3 is 1. The fourth-order valence-electron chi connectivity index (χ4n) is 4.31. The van der Waals surface area contributed by atoms with Crippen LogP contribution in [0.5, 0.6) is 11.5 Å². The van der Waals surface area contributed by atoms with Crippen molar-refractivity contribution in [3.8, 4) is 11.5 Å². The summed E-state index contributed by atoms with van der Waals surface area (Å²) >= 11 is 0. The van der Waals surface area contributed by atoms with E-state index in [4.69, 9.17) is 14.5 Å². The number of fused-ring (bicyclic) bond motifs is 1.